The molecule has 7 heteroatoms. The second kappa shape index (κ2) is 10.2. The normalized spacial score (nSPS) is 12.2. The average molecular weight is 388 g/mol. The van der Waals surface area contributed by atoms with Crippen LogP contribution in [0.25, 0.3) is 0 Å². The molecule has 0 radical (unpaired) electrons. The first kappa shape index (κ1) is 22.0. The third-order valence-corrected chi connectivity index (χ3v) is 3.88. The van der Waals surface area contributed by atoms with Gasteiger partial charge in [-0.15, -0.1) is 12.4 Å². The molecule has 2 N–H and O–H groups in total. The molecule has 0 aliphatic rings. The number of hydrogen-bond donors (Lipinski definition) is 1. The Hall–Kier alpha value is -2.05. The number of benzene rings is 2. The number of ether oxygens (including phenoxy) is 1. The third-order valence-electron chi connectivity index (χ3n) is 3.88. The molecule has 0 saturated heterocycles. The van der Waals surface area contributed by atoms with Crippen molar-refractivity contribution in [3.63, 3.8) is 0 Å². The van der Waals surface area contributed by atoms with Crippen LogP contribution in [0.3, 0.4) is 0 Å². The van der Waals surface area contributed by atoms with E-state index >= 15 is 0 Å². The molecule has 0 aliphatic carbocycles. The predicted octanol–water partition coefficient (Wildman–Crippen LogP) is 4.49. The highest BCUT2D eigenvalue weighted by Crippen LogP contribution is 2.30. The van der Waals surface area contributed by atoms with Gasteiger partial charge in [0.25, 0.3) is 0 Å². The zero-order valence-corrected chi connectivity index (χ0v) is 14.9. The highest BCUT2D eigenvalue weighted by atomic mass is 35.5. The van der Waals surface area contributed by atoms with E-state index in [-0.39, 0.29) is 24.9 Å². The van der Waals surface area contributed by atoms with Crippen molar-refractivity contribution in [1.82, 2.24) is 0 Å². The van der Waals surface area contributed by atoms with Crippen molar-refractivity contribution in [2.75, 3.05) is 13.2 Å². The van der Waals surface area contributed by atoms with E-state index in [0.29, 0.717) is 30.5 Å². The maximum Gasteiger partial charge on any atom is 0.416 e. The molecule has 0 bridgehead atoms. The summed E-state index contributed by atoms with van der Waals surface area (Å²) < 4.78 is 43.5. The molecule has 0 spiro atoms. The Morgan fingerprint density at radius 2 is 1.77 bits per heavy atom. The number of carbonyl (C=O) groups excluding carboxylic acids is 1. The minimum atomic E-state index is -4.36. The van der Waals surface area contributed by atoms with Crippen LogP contribution in [0.1, 0.15) is 27.9 Å². The molecule has 0 saturated carbocycles. The van der Waals surface area contributed by atoms with Gasteiger partial charge in [0.15, 0.2) is 0 Å². The second-order valence-electron chi connectivity index (χ2n) is 5.79. The Balaban J connectivity index is 0.00000338. The Morgan fingerprint density at radius 3 is 2.38 bits per heavy atom. The molecule has 26 heavy (non-hydrogen) atoms. The molecule has 2 aromatic carbocycles. The highest BCUT2D eigenvalue weighted by molar-refractivity contribution is 5.89. The Labute approximate surface area is 156 Å². The summed E-state index contributed by atoms with van der Waals surface area (Å²) in [5.74, 6) is -0.484. The lowest BCUT2D eigenvalue weighted by Crippen LogP contribution is -2.20. The lowest BCUT2D eigenvalue weighted by Gasteiger charge is -2.16. The number of nitrogens with two attached hydrogens (primary N) is 1. The molecule has 1 atom stereocenters. The molecule has 2 rings (SSSR count). The van der Waals surface area contributed by atoms with Gasteiger partial charge in [-0.25, -0.2) is 4.79 Å². The van der Waals surface area contributed by atoms with Crippen LogP contribution in [0, 0.1) is 5.92 Å². The van der Waals surface area contributed by atoms with Crippen LogP contribution < -0.4 is 5.73 Å². The first-order chi connectivity index (χ1) is 11.9. The van der Waals surface area contributed by atoms with Gasteiger partial charge in [-0.1, -0.05) is 36.4 Å². The summed E-state index contributed by atoms with van der Waals surface area (Å²) in [6, 6.07) is 13.8. The second-order valence-corrected chi connectivity index (χ2v) is 5.79. The summed E-state index contributed by atoms with van der Waals surface area (Å²) in [5.41, 5.74) is 6.07. The van der Waals surface area contributed by atoms with Gasteiger partial charge in [0.05, 0.1) is 17.7 Å². The van der Waals surface area contributed by atoms with E-state index in [2.05, 4.69) is 0 Å². The smallest absolute Gasteiger partial charge is 0.416 e. The number of halogens is 4. The summed E-state index contributed by atoms with van der Waals surface area (Å²) in [6.07, 6.45) is -3.46. The van der Waals surface area contributed by atoms with Crippen LogP contribution in [0.15, 0.2) is 54.6 Å². The first-order valence-corrected chi connectivity index (χ1v) is 7.98. The van der Waals surface area contributed by atoms with Crippen LogP contribution >= 0.6 is 12.4 Å². The fraction of sp³-hybridized carbons (Fsp3) is 0.316. The van der Waals surface area contributed by atoms with Gasteiger partial charge >= 0.3 is 12.1 Å². The average Bonchev–Trinajstić information content (AvgIpc) is 2.61. The molecular weight excluding hydrogens is 367 g/mol. The monoisotopic (exact) mass is 387 g/mol. The van der Waals surface area contributed by atoms with E-state index in [1.54, 1.807) is 36.4 Å². The number of rotatable bonds is 7. The zero-order chi connectivity index (χ0) is 18.3. The number of carbonyl (C=O) groups is 1. The molecule has 1 unspecified atom stereocenters. The molecule has 0 heterocycles. The fourth-order valence-corrected chi connectivity index (χ4v) is 2.49. The van der Waals surface area contributed by atoms with Crippen molar-refractivity contribution in [2.45, 2.75) is 19.0 Å². The Kier molecular flexibility index (Phi) is 8.61. The minimum Gasteiger partial charge on any atom is -0.462 e. The van der Waals surface area contributed by atoms with Crippen LogP contribution in [-0.4, -0.2) is 19.1 Å². The highest BCUT2D eigenvalue weighted by Gasteiger charge is 2.30. The van der Waals surface area contributed by atoms with E-state index in [1.807, 2.05) is 0 Å². The summed E-state index contributed by atoms with van der Waals surface area (Å²) in [5, 5.41) is 0. The molecule has 0 amide bonds. The van der Waals surface area contributed by atoms with Gasteiger partial charge in [0.2, 0.25) is 0 Å². The summed E-state index contributed by atoms with van der Waals surface area (Å²) in [6.45, 7) is 0.480. The lowest BCUT2D eigenvalue weighted by molar-refractivity contribution is -0.137. The Bertz CT molecular complexity index is 693. The van der Waals surface area contributed by atoms with Gasteiger partial charge < -0.3 is 10.5 Å². The molecule has 2 aromatic rings. The maximum absolute atomic E-state index is 12.8. The summed E-state index contributed by atoms with van der Waals surface area (Å²) in [4.78, 5) is 11.8. The summed E-state index contributed by atoms with van der Waals surface area (Å²) >= 11 is 0. The van der Waals surface area contributed by atoms with Gasteiger partial charge in [0.1, 0.15) is 0 Å². The molecule has 142 valence electrons. The van der Waals surface area contributed by atoms with Crippen molar-refractivity contribution in [1.29, 1.82) is 0 Å². The Morgan fingerprint density at radius 1 is 1.08 bits per heavy atom. The first-order valence-electron chi connectivity index (χ1n) is 7.98. The van der Waals surface area contributed by atoms with E-state index < -0.39 is 17.7 Å². The van der Waals surface area contributed by atoms with Gasteiger partial charge in [-0.05, 0) is 49.1 Å². The number of hydrogen-bond acceptors (Lipinski definition) is 3. The van der Waals surface area contributed by atoms with E-state index in [1.165, 1.54) is 6.07 Å². The van der Waals surface area contributed by atoms with Crippen molar-refractivity contribution in [3.05, 3.63) is 71.3 Å². The van der Waals surface area contributed by atoms with Crippen LogP contribution in [0.4, 0.5) is 13.2 Å². The van der Waals surface area contributed by atoms with Gasteiger partial charge in [0, 0.05) is 0 Å². The van der Waals surface area contributed by atoms with Crippen molar-refractivity contribution >= 4 is 18.4 Å². The summed E-state index contributed by atoms with van der Waals surface area (Å²) in [7, 11) is 0. The molecule has 0 aliphatic heterocycles. The predicted molar refractivity (Wildman–Crippen MR) is 96.3 cm³/mol. The third kappa shape index (κ3) is 6.69. The number of esters is 1. The van der Waals surface area contributed by atoms with Crippen molar-refractivity contribution in [3.8, 4) is 0 Å². The zero-order valence-electron chi connectivity index (χ0n) is 14.0. The van der Waals surface area contributed by atoms with E-state index in [0.717, 1.165) is 12.1 Å². The van der Waals surface area contributed by atoms with Crippen LogP contribution in [0.2, 0.25) is 0 Å². The SMILES string of the molecule is Cl.NCC(CCOC(=O)c1ccccc1)Cc1cccc(C(F)(F)F)c1. The van der Waals surface area contributed by atoms with Crippen molar-refractivity contribution in [2.24, 2.45) is 11.7 Å². The maximum atomic E-state index is 12.8. The largest absolute Gasteiger partial charge is 0.462 e. The quantitative estimate of drug-likeness (QED) is 0.712. The van der Waals surface area contributed by atoms with E-state index in [9.17, 15) is 18.0 Å². The van der Waals surface area contributed by atoms with Crippen LogP contribution in [0.5, 0.6) is 0 Å². The standard InChI is InChI=1S/C19H20F3NO2.ClH/c20-19(21,22)17-8-4-5-14(12-17)11-15(13-23)9-10-25-18(24)16-6-2-1-3-7-16;/h1-8,12,15H,9-11,13,23H2;1H. The van der Waals surface area contributed by atoms with Crippen molar-refractivity contribution < 1.29 is 22.7 Å². The molecule has 3 nitrogen and oxygen atoms in total. The number of alkyl halides is 3. The molecule has 0 aromatic heterocycles. The topological polar surface area (TPSA) is 52.3 Å². The molecular formula is C19H21ClF3NO2. The molecule has 0 fully saturated rings. The lowest BCUT2D eigenvalue weighted by atomic mass is 9.95. The minimum absolute atomic E-state index is 0. The fourth-order valence-electron chi connectivity index (χ4n) is 2.49. The van der Waals surface area contributed by atoms with E-state index in [4.69, 9.17) is 10.5 Å². The van der Waals surface area contributed by atoms with Crippen LogP contribution in [-0.2, 0) is 17.3 Å². The van der Waals surface area contributed by atoms with Gasteiger partial charge in [-0.3, -0.25) is 0 Å². The van der Waals surface area contributed by atoms with Gasteiger partial charge in [-0.2, -0.15) is 13.2 Å².